The van der Waals surface area contributed by atoms with E-state index in [9.17, 15) is 0 Å². The summed E-state index contributed by atoms with van der Waals surface area (Å²) in [6.07, 6.45) is 0. The Morgan fingerprint density at radius 3 is 3.05 bits per heavy atom. The van der Waals surface area contributed by atoms with Crippen molar-refractivity contribution in [2.75, 3.05) is 5.32 Å². The van der Waals surface area contributed by atoms with Gasteiger partial charge in [0, 0.05) is 12.2 Å². The number of aryl methyl sites for hydroxylation is 2. The van der Waals surface area contributed by atoms with Crippen LogP contribution in [-0.4, -0.2) is 14.8 Å². The quantitative estimate of drug-likeness (QED) is 0.789. The zero-order chi connectivity index (χ0) is 14.1. The number of nitrogens with one attached hydrogen (secondary N) is 1. The van der Waals surface area contributed by atoms with Gasteiger partial charge in [0.1, 0.15) is 0 Å². The molecule has 0 saturated heterocycles. The van der Waals surface area contributed by atoms with E-state index >= 15 is 0 Å². The summed E-state index contributed by atoms with van der Waals surface area (Å²) >= 11 is 7.95. The van der Waals surface area contributed by atoms with Crippen LogP contribution < -0.4 is 5.32 Å². The third-order valence-electron chi connectivity index (χ3n) is 3.24. The van der Waals surface area contributed by atoms with E-state index in [0.717, 1.165) is 34.2 Å². The SMILES string of the molecule is CCn1nc(C)c(Cl)c1CNc1ccc2ncsc2c1. The molecule has 0 aliphatic carbocycles. The molecule has 0 bridgehead atoms. The molecule has 0 radical (unpaired) electrons. The van der Waals surface area contributed by atoms with Crippen LogP contribution in [-0.2, 0) is 13.1 Å². The van der Waals surface area contributed by atoms with E-state index in [1.54, 1.807) is 11.3 Å². The van der Waals surface area contributed by atoms with Gasteiger partial charge >= 0.3 is 0 Å². The molecule has 0 spiro atoms. The molecule has 20 heavy (non-hydrogen) atoms. The molecule has 0 atom stereocenters. The van der Waals surface area contributed by atoms with Gasteiger partial charge in [-0.05, 0) is 32.0 Å². The second-order valence-corrected chi connectivity index (χ2v) is 5.81. The summed E-state index contributed by atoms with van der Waals surface area (Å²) in [4.78, 5) is 4.28. The van der Waals surface area contributed by atoms with Crippen LogP contribution in [0, 0.1) is 6.92 Å². The van der Waals surface area contributed by atoms with Crippen molar-refractivity contribution >= 4 is 38.8 Å². The number of fused-ring (bicyclic) bond motifs is 1. The highest BCUT2D eigenvalue weighted by atomic mass is 35.5. The van der Waals surface area contributed by atoms with Crippen LogP contribution in [0.4, 0.5) is 5.69 Å². The number of halogens is 1. The molecule has 2 aromatic heterocycles. The maximum Gasteiger partial charge on any atom is 0.0865 e. The normalized spacial score (nSPS) is 11.2. The van der Waals surface area contributed by atoms with Gasteiger partial charge in [-0.2, -0.15) is 5.10 Å². The van der Waals surface area contributed by atoms with E-state index in [0.29, 0.717) is 6.54 Å². The summed E-state index contributed by atoms with van der Waals surface area (Å²) in [5.74, 6) is 0. The van der Waals surface area contributed by atoms with Gasteiger partial charge in [0.05, 0.1) is 38.7 Å². The summed E-state index contributed by atoms with van der Waals surface area (Å²) in [5.41, 5.74) is 5.87. The van der Waals surface area contributed by atoms with Crippen LogP contribution in [0.2, 0.25) is 5.02 Å². The van der Waals surface area contributed by atoms with Gasteiger partial charge in [-0.1, -0.05) is 11.6 Å². The first kappa shape index (κ1) is 13.4. The number of nitrogens with zero attached hydrogens (tertiary/aromatic N) is 3. The molecule has 6 heteroatoms. The fourth-order valence-corrected chi connectivity index (χ4v) is 3.11. The van der Waals surface area contributed by atoms with Crippen LogP contribution >= 0.6 is 22.9 Å². The van der Waals surface area contributed by atoms with E-state index in [4.69, 9.17) is 11.6 Å². The van der Waals surface area contributed by atoms with Gasteiger partial charge in [-0.25, -0.2) is 4.98 Å². The lowest BCUT2D eigenvalue weighted by Crippen LogP contribution is -2.08. The Kier molecular flexibility index (Phi) is 3.63. The summed E-state index contributed by atoms with van der Waals surface area (Å²) in [5, 5.41) is 8.57. The van der Waals surface area contributed by atoms with E-state index < -0.39 is 0 Å². The average Bonchev–Trinajstić information content (AvgIpc) is 3.02. The predicted octanol–water partition coefficient (Wildman–Crippen LogP) is 4.09. The van der Waals surface area contributed by atoms with Gasteiger partial charge in [0.15, 0.2) is 0 Å². The molecule has 1 aromatic carbocycles. The number of anilines is 1. The number of benzene rings is 1. The monoisotopic (exact) mass is 306 g/mol. The highest BCUT2D eigenvalue weighted by molar-refractivity contribution is 7.16. The third-order valence-corrected chi connectivity index (χ3v) is 4.53. The molecule has 4 nitrogen and oxygen atoms in total. The molecule has 3 aromatic rings. The standard InChI is InChI=1S/C14H15ClN4S/c1-3-19-12(14(15)9(2)18-19)7-16-10-4-5-11-13(6-10)20-8-17-11/h4-6,8,16H,3,7H2,1-2H3. The highest BCUT2D eigenvalue weighted by Gasteiger charge is 2.12. The van der Waals surface area contributed by atoms with E-state index in [2.05, 4.69) is 28.4 Å². The lowest BCUT2D eigenvalue weighted by molar-refractivity contribution is 0.623. The number of rotatable bonds is 4. The molecule has 0 aliphatic rings. The zero-order valence-electron chi connectivity index (χ0n) is 11.4. The Labute approximate surface area is 126 Å². The number of aromatic nitrogens is 3. The third kappa shape index (κ3) is 2.39. The molecule has 0 aliphatic heterocycles. The maximum atomic E-state index is 6.31. The molecular weight excluding hydrogens is 292 g/mol. The minimum atomic E-state index is 0.665. The van der Waals surface area contributed by atoms with Crippen molar-refractivity contribution in [3.8, 4) is 0 Å². The van der Waals surface area contributed by atoms with Gasteiger partial charge < -0.3 is 5.32 Å². The zero-order valence-corrected chi connectivity index (χ0v) is 12.9. The largest absolute Gasteiger partial charge is 0.379 e. The van der Waals surface area contributed by atoms with E-state index in [1.807, 2.05) is 29.2 Å². The van der Waals surface area contributed by atoms with Crippen molar-refractivity contribution in [3.63, 3.8) is 0 Å². The van der Waals surface area contributed by atoms with Crippen molar-refractivity contribution in [2.24, 2.45) is 0 Å². The van der Waals surface area contributed by atoms with Crippen molar-refractivity contribution in [3.05, 3.63) is 40.1 Å². The van der Waals surface area contributed by atoms with Crippen LogP contribution in [0.25, 0.3) is 10.2 Å². The van der Waals surface area contributed by atoms with Gasteiger partial charge in [0.2, 0.25) is 0 Å². The van der Waals surface area contributed by atoms with Gasteiger partial charge in [0.25, 0.3) is 0 Å². The second-order valence-electron chi connectivity index (χ2n) is 4.55. The molecular formula is C14H15ClN4S. The van der Waals surface area contributed by atoms with E-state index in [-0.39, 0.29) is 0 Å². The van der Waals surface area contributed by atoms with Gasteiger partial charge in [-0.3, -0.25) is 4.68 Å². The van der Waals surface area contributed by atoms with Crippen molar-refractivity contribution in [2.45, 2.75) is 26.9 Å². The van der Waals surface area contributed by atoms with Crippen LogP contribution in [0.1, 0.15) is 18.3 Å². The second kappa shape index (κ2) is 5.42. The number of hydrogen-bond acceptors (Lipinski definition) is 4. The number of thiazole rings is 1. The summed E-state index contributed by atoms with van der Waals surface area (Å²) in [7, 11) is 0. The minimum absolute atomic E-state index is 0.665. The Hall–Kier alpha value is -1.59. The summed E-state index contributed by atoms with van der Waals surface area (Å²) in [6.45, 7) is 5.48. The molecule has 104 valence electrons. The molecule has 1 N–H and O–H groups in total. The lowest BCUT2D eigenvalue weighted by Gasteiger charge is -2.08. The Morgan fingerprint density at radius 1 is 1.40 bits per heavy atom. The molecule has 0 saturated carbocycles. The van der Waals surface area contributed by atoms with Crippen molar-refractivity contribution < 1.29 is 0 Å². The smallest absolute Gasteiger partial charge is 0.0865 e. The minimum Gasteiger partial charge on any atom is -0.379 e. The summed E-state index contributed by atoms with van der Waals surface area (Å²) < 4.78 is 3.12. The fourth-order valence-electron chi connectivity index (χ4n) is 2.19. The van der Waals surface area contributed by atoms with Crippen molar-refractivity contribution in [1.82, 2.24) is 14.8 Å². The first-order valence-electron chi connectivity index (χ1n) is 6.48. The Bertz CT molecular complexity index is 747. The van der Waals surface area contributed by atoms with Crippen LogP contribution in [0.15, 0.2) is 23.7 Å². The van der Waals surface area contributed by atoms with Crippen LogP contribution in [0.3, 0.4) is 0 Å². The molecule has 0 unspecified atom stereocenters. The predicted molar refractivity (Wildman–Crippen MR) is 84.6 cm³/mol. The molecule has 3 rings (SSSR count). The first-order chi connectivity index (χ1) is 9.69. The topological polar surface area (TPSA) is 42.7 Å². The summed E-state index contributed by atoms with van der Waals surface area (Å²) in [6, 6.07) is 6.17. The first-order valence-corrected chi connectivity index (χ1v) is 7.73. The molecule has 0 fully saturated rings. The Balaban J connectivity index is 1.82. The number of hydrogen-bond donors (Lipinski definition) is 1. The van der Waals surface area contributed by atoms with Crippen molar-refractivity contribution in [1.29, 1.82) is 0 Å². The fraction of sp³-hybridized carbons (Fsp3) is 0.286. The maximum absolute atomic E-state index is 6.31. The van der Waals surface area contributed by atoms with E-state index in [1.165, 1.54) is 4.70 Å². The highest BCUT2D eigenvalue weighted by Crippen LogP contribution is 2.24. The van der Waals surface area contributed by atoms with Gasteiger partial charge in [-0.15, -0.1) is 11.3 Å². The molecule has 2 heterocycles. The van der Waals surface area contributed by atoms with Crippen LogP contribution in [0.5, 0.6) is 0 Å². The lowest BCUT2D eigenvalue weighted by atomic mass is 10.3. The average molecular weight is 307 g/mol. The molecule has 0 amide bonds. The Morgan fingerprint density at radius 2 is 2.25 bits per heavy atom.